The van der Waals surface area contributed by atoms with Crippen molar-refractivity contribution in [3.8, 4) is 5.75 Å². The summed E-state index contributed by atoms with van der Waals surface area (Å²) in [6.07, 6.45) is 5.10. The molecule has 1 heterocycles. The number of nitrogens with zero attached hydrogens (tertiary/aromatic N) is 1. The number of pyridine rings is 1. The first-order chi connectivity index (χ1) is 11.2. The minimum atomic E-state index is -0.123. The van der Waals surface area contributed by atoms with Crippen LogP contribution in [0.25, 0.3) is 0 Å². The predicted molar refractivity (Wildman–Crippen MR) is 89.3 cm³/mol. The number of unbranched alkanes of at least 4 members (excludes halogenated alkanes) is 1. The molecule has 5 nitrogen and oxygen atoms in total. The van der Waals surface area contributed by atoms with Crippen LogP contribution in [0.1, 0.15) is 30.4 Å². The number of aromatic nitrogens is 1. The molecule has 122 valence electrons. The quantitative estimate of drug-likeness (QED) is 0.735. The number of nitrogens with one attached hydrogen (secondary N) is 1. The first kappa shape index (κ1) is 17.0. The van der Waals surface area contributed by atoms with Crippen LogP contribution in [0.15, 0.2) is 42.7 Å². The number of aliphatic hydroxyl groups is 1. The Morgan fingerprint density at radius 3 is 2.96 bits per heavy atom. The van der Waals surface area contributed by atoms with Gasteiger partial charge in [-0.2, -0.15) is 0 Å². The van der Waals surface area contributed by atoms with Crippen LogP contribution in [0.5, 0.6) is 5.75 Å². The molecule has 0 bridgehead atoms. The van der Waals surface area contributed by atoms with Crippen LogP contribution in [0.2, 0.25) is 0 Å². The van der Waals surface area contributed by atoms with Crippen molar-refractivity contribution in [1.82, 2.24) is 4.98 Å². The van der Waals surface area contributed by atoms with E-state index in [0.717, 1.165) is 24.2 Å². The molecule has 0 aliphatic heterocycles. The lowest BCUT2D eigenvalue weighted by Crippen LogP contribution is -2.13. The molecule has 0 radical (unpaired) electrons. The number of ether oxygens (including phenoxy) is 1. The van der Waals surface area contributed by atoms with Crippen LogP contribution in [0.3, 0.4) is 0 Å². The Kier molecular flexibility index (Phi) is 6.56. The summed E-state index contributed by atoms with van der Waals surface area (Å²) in [6, 6.07) is 9.59. The zero-order valence-corrected chi connectivity index (χ0v) is 13.3. The minimum Gasteiger partial charge on any atom is -0.494 e. The van der Waals surface area contributed by atoms with Crippen LogP contribution >= 0.6 is 0 Å². The zero-order valence-electron chi connectivity index (χ0n) is 13.3. The van der Waals surface area contributed by atoms with Crippen LogP contribution in [-0.4, -0.2) is 22.6 Å². The molecule has 1 amide bonds. The van der Waals surface area contributed by atoms with Gasteiger partial charge in [0.2, 0.25) is 5.91 Å². The van der Waals surface area contributed by atoms with E-state index in [-0.39, 0.29) is 12.5 Å². The Balaban J connectivity index is 1.67. The monoisotopic (exact) mass is 314 g/mol. The van der Waals surface area contributed by atoms with Crippen molar-refractivity contribution in [1.29, 1.82) is 0 Å². The number of anilines is 1. The van der Waals surface area contributed by atoms with Crippen molar-refractivity contribution < 1.29 is 14.6 Å². The second kappa shape index (κ2) is 8.90. The Morgan fingerprint density at radius 1 is 1.30 bits per heavy atom. The molecule has 0 spiro atoms. The van der Waals surface area contributed by atoms with Crippen LogP contribution in [-0.2, 0) is 11.4 Å². The molecule has 0 aliphatic rings. The number of carbonyl (C=O) groups is 1. The molecule has 0 unspecified atom stereocenters. The highest BCUT2D eigenvalue weighted by atomic mass is 16.5. The van der Waals surface area contributed by atoms with Gasteiger partial charge in [-0.25, -0.2) is 0 Å². The van der Waals surface area contributed by atoms with Gasteiger partial charge in [0.15, 0.2) is 0 Å². The lowest BCUT2D eigenvalue weighted by Gasteiger charge is -2.09. The molecule has 5 heteroatoms. The van der Waals surface area contributed by atoms with Gasteiger partial charge in [-0.3, -0.25) is 9.78 Å². The van der Waals surface area contributed by atoms with E-state index in [4.69, 9.17) is 4.74 Å². The number of amides is 1. The van der Waals surface area contributed by atoms with Crippen molar-refractivity contribution in [2.24, 2.45) is 0 Å². The van der Waals surface area contributed by atoms with Gasteiger partial charge in [-0.05, 0) is 43.5 Å². The predicted octanol–water partition coefficient (Wildman–Crippen LogP) is 3.07. The van der Waals surface area contributed by atoms with E-state index in [9.17, 15) is 9.90 Å². The van der Waals surface area contributed by atoms with Gasteiger partial charge in [-0.15, -0.1) is 0 Å². The number of hydrogen-bond acceptors (Lipinski definition) is 4. The number of hydrogen-bond donors (Lipinski definition) is 2. The van der Waals surface area contributed by atoms with Gasteiger partial charge in [0, 0.05) is 18.2 Å². The first-order valence-corrected chi connectivity index (χ1v) is 7.72. The molecule has 0 fully saturated rings. The molecule has 2 aromatic rings. The minimum absolute atomic E-state index is 0.0803. The Morgan fingerprint density at radius 2 is 2.17 bits per heavy atom. The topological polar surface area (TPSA) is 71.5 Å². The molecule has 0 saturated carbocycles. The fourth-order valence-corrected chi connectivity index (χ4v) is 2.17. The van der Waals surface area contributed by atoms with E-state index in [0.29, 0.717) is 24.3 Å². The van der Waals surface area contributed by atoms with Gasteiger partial charge in [0.1, 0.15) is 5.75 Å². The van der Waals surface area contributed by atoms with E-state index in [2.05, 4.69) is 10.3 Å². The Bertz CT molecular complexity index is 644. The van der Waals surface area contributed by atoms with Crippen molar-refractivity contribution in [2.45, 2.75) is 32.8 Å². The van der Waals surface area contributed by atoms with Gasteiger partial charge in [-0.1, -0.05) is 12.1 Å². The molecule has 1 aromatic heterocycles. The summed E-state index contributed by atoms with van der Waals surface area (Å²) in [4.78, 5) is 15.8. The largest absolute Gasteiger partial charge is 0.494 e. The van der Waals surface area contributed by atoms with Crippen molar-refractivity contribution >= 4 is 11.6 Å². The fraction of sp³-hybridized carbons (Fsp3) is 0.333. The van der Waals surface area contributed by atoms with E-state index in [1.807, 2.05) is 31.2 Å². The molecule has 0 aliphatic carbocycles. The maximum absolute atomic E-state index is 11.9. The van der Waals surface area contributed by atoms with Crippen molar-refractivity contribution in [3.63, 3.8) is 0 Å². The molecule has 2 N–H and O–H groups in total. The van der Waals surface area contributed by atoms with Crippen molar-refractivity contribution in [3.05, 3.63) is 53.9 Å². The standard InChI is InChI=1S/C18H22N2O3/c1-14-5-4-6-16(11-14)23-10-3-2-7-18(22)20-17-12-19-9-8-15(17)13-21/h4-6,8-9,11-12,21H,2-3,7,10,13H2,1H3,(H,20,22). The lowest BCUT2D eigenvalue weighted by atomic mass is 10.2. The number of benzene rings is 1. The summed E-state index contributed by atoms with van der Waals surface area (Å²) in [5.74, 6) is 0.778. The summed E-state index contributed by atoms with van der Waals surface area (Å²) in [6.45, 7) is 2.49. The van der Waals surface area contributed by atoms with Crippen LogP contribution in [0, 0.1) is 6.92 Å². The van der Waals surface area contributed by atoms with Gasteiger partial charge < -0.3 is 15.2 Å². The smallest absolute Gasteiger partial charge is 0.224 e. The normalized spacial score (nSPS) is 10.3. The summed E-state index contributed by atoms with van der Waals surface area (Å²) < 4.78 is 5.65. The second-order valence-corrected chi connectivity index (χ2v) is 5.36. The average molecular weight is 314 g/mol. The summed E-state index contributed by atoms with van der Waals surface area (Å²) in [7, 11) is 0. The number of aliphatic hydroxyl groups excluding tert-OH is 1. The summed E-state index contributed by atoms with van der Waals surface area (Å²) >= 11 is 0. The number of carbonyl (C=O) groups excluding carboxylic acids is 1. The maximum Gasteiger partial charge on any atom is 0.224 e. The van der Waals surface area contributed by atoms with E-state index in [1.165, 1.54) is 0 Å². The molecule has 1 aromatic carbocycles. The molecular formula is C18H22N2O3. The Labute approximate surface area is 136 Å². The van der Waals surface area contributed by atoms with Crippen LogP contribution < -0.4 is 10.1 Å². The SMILES string of the molecule is Cc1cccc(OCCCCC(=O)Nc2cnccc2CO)c1. The summed E-state index contributed by atoms with van der Waals surface area (Å²) in [5, 5.41) is 12.0. The molecule has 2 rings (SSSR count). The molecule has 0 atom stereocenters. The van der Waals surface area contributed by atoms with E-state index >= 15 is 0 Å². The zero-order chi connectivity index (χ0) is 16.5. The number of aryl methyl sites for hydroxylation is 1. The first-order valence-electron chi connectivity index (χ1n) is 7.72. The highest BCUT2D eigenvalue weighted by molar-refractivity contribution is 5.91. The van der Waals surface area contributed by atoms with Gasteiger partial charge in [0.05, 0.1) is 25.1 Å². The highest BCUT2D eigenvalue weighted by Crippen LogP contribution is 2.15. The van der Waals surface area contributed by atoms with Gasteiger partial charge in [0.25, 0.3) is 0 Å². The third-order valence-corrected chi connectivity index (χ3v) is 3.41. The third kappa shape index (κ3) is 5.71. The van der Waals surface area contributed by atoms with Gasteiger partial charge >= 0.3 is 0 Å². The molecule has 0 saturated heterocycles. The average Bonchev–Trinajstić information content (AvgIpc) is 2.55. The second-order valence-electron chi connectivity index (χ2n) is 5.36. The van der Waals surface area contributed by atoms with Crippen LogP contribution in [0.4, 0.5) is 5.69 Å². The van der Waals surface area contributed by atoms with E-state index in [1.54, 1.807) is 18.5 Å². The third-order valence-electron chi connectivity index (χ3n) is 3.41. The number of rotatable bonds is 8. The van der Waals surface area contributed by atoms with E-state index < -0.39 is 0 Å². The molecule has 23 heavy (non-hydrogen) atoms. The summed E-state index contributed by atoms with van der Waals surface area (Å²) in [5.41, 5.74) is 2.39. The molecular weight excluding hydrogens is 292 g/mol. The maximum atomic E-state index is 11.9. The highest BCUT2D eigenvalue weighted by Gasteiger charge is 2.06. The fourth-order valence-electron chi connectivity index (χ4n) is 2.17. The Hall–Kier alpha value is -2.40. The lowest BCUT2D eigenvalue weighted by molar-refractivity contribution is -0.116. The van der Waals surface area contributed by atoms with Crippen molar-refractivity contribution in [2.75, 3.05) is 11.9 Å².